The standard InChI is InChI=1S/C12H15BrClNO2S/c13-10-8-9(2-3-11(10)14)12(17)15-4-7-18-6-1-5-16/h2-3,8,16H,1,4-7H2,(H,15,17). The van der Waals surface area contributed by atoms with E-state index < -0.39 is 0 Å². The van der Waals surface area contributed by atoms with Gasteiger partial charge < -0.3 is 10.4 Å². The summed E-state index contributed by atoms with van der Waals surface area (Å²) >= 11 is 10.9. The Morgan fingerprint density at radius 1 is 1.44 bits per heavy atom. The molecule has 0 saturated heterocycles. The van der Waals surface area contributed by atoms with Gasteiger partial charge in [-0.1, -0.05) is 11.6 Å². The smallest absolute Gasteiger partial charge is 0.251 e. The zero-order chi connectivity index (χ0) is 13.4. The molecule has 1 rings (SSSR count). The van der Waals surface area contributed by atoms with Crippen LogP contribution in [-0.2, 0) is 0 Å². The third-order valence-electron chi connectivity index (χ3n) is 2.16. The lowest BCUT2D eigenvalue weighted by Crippen LogP contribution is -2.25. The summed E-state index contributed by atoms with van der Waals surface area (Å²) in [7, 11) is 0. The van der Waals surface area contributed by atoms with Crippen LogP contribution in [0.15, 0.2) is 22.7 Å². The number of nitrogens with one attached hydrogen (secondary N) is 1. The zero-order valence-electron chi connectivity index (χ0n) is 9.79. The summed E-state index contributed by atoms with van der Waals surface area (Å²) in [6, 6.07) is 5.09. The fourth-order valence-electron chi connectivity index (χ4n) is 1.24. The van der Waals surface area contributed by atoms with Gasteiger partial charge in [0.05, 0.1) is 5.02 Å². The van der Waals surface area contributed by atoms with Crippen LogP contribution >= 0.6 is 39.3 Å². The van der Waals surface area contributed by atoms with Gasteiger partial charge in [-0.25, -0.2) is 0 Å². The van der Waals surface area contributed by atoms with Crippen LogP contribution in [0.5, 0.6) is 0 Å². The van der Waals surface area contributed by atoms with Gasteiger partial charge in [-0.3, -0.25) is 4.79 Å². The largest absolute Gasteiger partial charge is 0.396 e. The molecular weight excluding hydrogens is 338 g/mol. The molecule has 0 aliphatic carbocycles. The van der Waals surface area contributed by atoms with Crippen molar-refractivity contribution < 1.29 is 9.90 Å². The van der Waals surface area contributed by atoms with Crippen LogP contribution in [-0.4, -0.2) is 35.7 Å². The van der Waals surface area contributed by atoms with Crippen molar-refractivity contribution >= 4 is 45.2 Å². The number of rotatable bonds is 7. The van der Waals surface area contributed by atoms with Crippen molar-refractivity contribution in [3.8, 4) is 0 Å². The summed E-state index contributed by atoms with van der Waals surface area (Å²) in [5.41, 5.74) is 0.589. The normalized spacial score (nSPS) is 10.4. The molecule has 100 valence electrons. The number of aliphatic hydroxyl groups is 1. The lowest BCUT2D eigenvalue weighted by molar-refractivity contribution is 0.0956. The van der Waals surface area contributed by atoms with Crippen LogP contribution in [0.1, 0.15) is 16.8 Å². The molecule has 0 saturated carbocycles. The first-order valence-corrected chi connectivity index (χ1v) is 7.89. The summed E-state index contributed by atoms with van der Waals surface area (Å²) in [6.07, 6.45) is 0.794. The molecule has 18 heavy (non-hydrogen) atoms. The average molecular weight is 353 g/mol. The number of carbonyl (C=O) groups is 1. The van der Waals surface area contributed by atoms with Gasteiger partial charge in [-0.2, -0.15) is 11.8 Å². The third-order valence-corrected chi connectivity index (χ3v) is 4.44. The molecule has 0 radical (unpaired) electrons. The minimum Gasteiger partial charge on any atom is -0.396 e. The molecule has 2 N–H and O–H groups in total. The molecule has 1 amide bonds. The van der Waals surface area contributed by atoms with E-state index in [9.17, 15) is 4.79 Å². The fraction of sp³-hybridized carbons (Fsp3) is 0.417. The number of thioether (sulfide) groups is 1. The minimum atomic E-state index is -0.102. The summed E-state index contributed by atoms with van der Waals surface area (Å²) in [5.74, 6) is 1.66. The van der Waals surface area contributed by atoms with Gasteiger partial charge in [-0.15, -0.1) is 0 Å². The van der Waals surface area contributed by atoms with E-state index in [1.165, 1.54) is 0 Å². The van der Waals surface area contributed by atoms with Gasteiger partial charge in [0.15, 0.2) is 0 Å². The number of aliphatic hydroxyl groups excluding tert-OH is 1. The minimum absolute atomic E-state index is 0.102. The molecule has 0 aliphatic heterocycles. The van der Waals surface area contributed by atoms with Gasteiger partial charge in [0, 0.05) is 28.9 Å². The summed E-state index contributed by atoms with van der Waals surface area (Å²) < 4.78 is 0.717. The van der Waals surface area contributed by atoms with Crippen molar-refractivity contribution in [2.45, 2.75) is 6.42 Å². The molecule has 3 nitrogen and oxygen atoms in total. The number of amides is 1. The molecule has 1 aromatic rings. The fourth-order valence-corrected chi connectivity index (χ4v) is 2.52. The molecule has 6 heteroatoms. The summed E-state index contributed by atoms with van der Waals surface area (Å²) in [6.45, 7) is 0.841. The maximum absolute atomic E-state index is 11.8. The second-order valence-corrected chi connectivity index (χ2v) is 6.06. The Morgan fingerprint density at radius 2 is 2.22 bits per heavy atom. The molecular formula is C12H15BrClNO2S. The van der Waals surface area contributed by atoms with Crippen LogP contribution in [0.3, 0.4) is 0 Å². The van der Waals surface area contributed by atoms with Crippen LogP contribution in [0, 0.1) is 0 Å². The van der Waals surface area contributed by atoms with E-state index >= 15 is 0 Å². The molecule has 1 aromatic carbocycles. The zero-order valence-corrected chi connectivity index (χ0v) is 12.9. The molecule has 0 fully saturated rings. The molecule has 0 atom stereocenters. The predicted octanol–water partition coefficient (Wildman–Crippen LogP) is 2.95. The van der Waals surface area contributed by atoms with E-state index in [2.05, 4.69) is 21.2 Å². The number of benzene rings is 1. The number of carbonyl (C=O) groups excluding carboxylic acids is 1. The van der Waals surface area contributed by atoms with Crippen molar-refractivity contribution in [2.24, 2.45) is 0 Å². The highest BCUT2D eigenvalue weighted by atomic mass is 79.9. The Kier molecular flexibility index (Phi) is 7.74. The Labute approximate surface area is 124 Å². The highest BCUT2D eigenvalue weighted by Gasteiger charge is 2.06. The lowest BCUT2D eigenvalue weighted by Gasteiger charge is -2.06. The first-order chi connectivity index (χ1) is 8.65. The van der Waals surface area contributed by atoms with Crippen LogP contribution < -0.4 is 5.32 Å². The van der Waals surface area contributed by atoms with Crippen LogP contribution in [0.4, 0.5) is 0 Å². The van der Waals surface area contributed by atoms with Crippen molar-refractivity contribution in [3.63, 3.8) is 0 Å². The van der Waals surface area contributed by atoms with Gasteiger partial charge in [0.1, 0.15) is 0 Å². The Bertz CT molecular complexity index is 404. The van der Waals surface area contributed by atoms with Gasteiger partial charge in [0.2, 0.25) is 0 Å². The first kappa shape index (κ1) is 15.8. The molecule has 0 aliphatic rings. The second-order valence-electron chi connectivity index (χ2n) is 3.57. The van der Waals surface area contributed by atoms with Crippen LogP contribution in [0.25, 0.3) is 0 Å². The average Bonchev–Trinajstić information content (AvgIpc) is 2.36. The number of hydrogen-bond donors (Lipinski definition) is 2. The molecule has 0 unspecified atom stereocenters. The quantitative estimate of drug-likeness (QED) is 0.742. The molecule has 0 spiro atoms. The van der Waals surface area contributed by atoms with E-state index in [-0.39, 0.29) is 12.5 Å². The SMILES string of the molecule is O=C(NCCSCCCO)c1ccc(Cl)c(Br)c1. The van der Waals surface area contributed by atoms with Gasteiger partial charge in [-0.05, 0) is 46.3 Å². The molecule has 0 bridgehead atoms. The van der Waals surface area contributed by atoms with E-state index in [0.29, 0.717) is 21.6 Å². The monoisotopic (exact) mass is 351 g/mol. The molecule has 0 aromatic heterocycles. The van der Waals surface area contributed by atoms with Crippen LogP contribution in [0.2, 0.25) is 5.02 Å². The highest BCUT2D eigenvalue weighted by Crippen LogP contribution is 2.23. The van der Waals surface area contributed by atoms with E-state index in [0.717, 1.165) is 17.9 Å². The second kappa shape index (κ2) is 8.80. The Morgan fingerprint density at radius 3 is 2.89 bits per heavy atom. The summed E-state index contributed by atoms with van der Waals surface area (Å²) in [5, 5.41) is 12.0. The maximum atomic E-state index is 11.8. The maximum Gasteiger partial charge on any atom is 0.251 e. The Balaban J connectivity index is 2.30. The highest BCUT2D eigenvalue weighted by molar-refractivity contribution is 9.10. The topological polar surface area (TPSA) is 49.3 Å². The lowest BCUT2D eigenvalue weighted by atomic mass is 10.2. The molecule has 0 heterocycles. The van der Waals surface area contributed by atoms with Crippen molar-refractivity contribution in [1.29, 1.82) is 0 Å². The van der Waals surface area contributed by atoms with E-state index in [1.54, 1.807) is 30.0 Å². The van der Waals surface area contributed by atoms with E-state index in [1.807, 2.05) is 0 Å². The van der Waals surface area contributed by atoms with Gasteiger partial charge in [0.25, 0.3) is 5.91 Å². The van der Waals surface area contributed by atoms with Gasteiger partial charge >= 0.3 is 0 Å². The van der Waals surface area contributed by atoms with Crippen molar-refractivity contribution in [1.82, 2.24) is 5.32 Å². The first-order valence-electron chi connectivity index (χ1n) is 5.57. The van der Waals surface area contributed by atoms with Crippen molar-refractivity contribution in [3.05, 3.63) is 33.3 Å². The predicted molar refractivity (Wildman–Crippen MR) is 80.5 cm³/mol. The number of hydrogen-bond acceptors (Lipinski definition) is 3. The van der Waals surface area contributed by atoms with Crippen molar-refractivity contribution in [2.75, 3.05) is 24.7 Å². The number of halogens is 2. The Hall–Kier alpha value is -0.230. The summed E-state index contributed by atoms with van der Waals surface area (Å²) in [4.78, 5) is 11.8. The third kappa shape index (κ3) is 5.61. The van der Waals surface area contributed by atoms with E-state index in [4.69, 9.17) is 16.7 Å².